The minimum atomic E-state index is -0.0852. The van der Waals surface area contributed by atoms with Crippen LogP contribution >= 0.6 is 24.0 Å². The van der Waals surface area contributed by atoms with Gasteiger partial charge in [0.1, 0.15) is 29.0 Å². The number of carbonyl (C=O) groups is 1. The van der Waals surface area contributed by atoms with Crippen LogP contribution in [0.25, 0.3) is 6.08 Å². The summed E-state index contributed by atoms with van der Waals surface area (Å²) in [5.74, 6) is 1.47. The summed E-state index contributed by atoms with van der Waals surface area (Å²) in [4.78, 5) is 14.3. The Kier molecular flexibility index (Phi) is 6.19. The fourth-order valence-electron chi connectivity index (χ4n) is 2.75. The van der Waals surface area contributed by atoms with Crippen LogP contribution in [0.15, 0.2) is 47.4 Å². The zero-order valence-corrected chi connectivity index (χ0v) is 17.2. The predicted molar refractivity (Wildman–Crippen MR) is 114 cm³/mol. The molecule has 0 aromatic heterocycles. The van der Waals surface area contributed by atoms with E-state index in [9.17, 15) is 4.79 Å². The quantitative estimate of drug-likeness (QED) is 0.403. The Morgan fingerprint density at radius 2 is 1.74 bits per heavy atom. The second-order valence-corrected chi connectivity index (χ2v) is 7.97. The smallest absolute Gasteiger partial charge is 0.265 e. The molecule has 4 nitrogen and oxygen atoms in total. The molecule has 1 amide bonds. The van der Waals surface area contributed by atoms with E-state index in [2.05, 4.69) is 6.07 Å². The van der Waals surface area contributed by atoms with E-state index in [1.165, 1.54) is 27.8 Å². The van der Waals surface area contributed by atoms with Crippen LogP contribution in [0.1, 0.15) is 16.7 Å². The number of benzene rings is 2. The lowest BCUT2D eigenvalue weighted by atomic mass is 10.1. The molecule has 27 heavy (non-hydrogen) atoms. The molecule has 0 bridgehead atoms. The van der Waals surface area contributed by atoms with E-state index < -0.39 is 0 Å². The molecule has 0 aliphatic carbocycles. The topological polar surface area (TPSA) is 38.8 Å². The summed E-state index contributed by atoms with van der Waals surface area (Å²) in [5, 5.41) is 0. The molecule has 1 heterocycles. The summed E-state index contributed by atoms with van der Waals surface area (Å²) in [7, 11) is 1.69. The Hall–Kier alpha value is -2.31. The second-order valence-electron chi connectivity index (χ2n) is 6.30. The lowest BCUT2D eigenvalue weighted by Gasteiger charge is -2.11. The monoisotopic (exact) mass is 399 g/mol. The fourth-order valence-corrected chi connectivity index (χ4v) is 3.92. The number of thiocarbonyl (C=S) groups is 1. The highest BCUT2D eigenvalue weighted by atomic mass is 32.2. The number of rotatable bonds is 6. The third-order valence-electron chi connectivity index (χ3n) is 4.00. The number of amides is 1. The molecule has 1 fully saturated rings. The van der Waals surface area contributed by atoms with Crippen LogP contribution in [0.3, 0.4) is 0 Å². The standard InChI is InChI=1S/C21H21NO3S2/c1-14-10-15(2)12-17(11-14)24-8-9-25-18-7-5-4-6-16(18)13-19-20(23)22(3)21(26)27-19/h4-7,10-13H,8-9H2,1-3H3/b19-13-. The van der Waals surface area contributed by atoms with Gasteiger partial charge in [-0.1, -0.05) is 48.2 Å². The molecule has 140 valence electrons. The molecular formula is C21H21NO3S2. The third kappa shape index (κ3) is 4.90. The first-order valence-corrected chi connectivity index (χ1v) is 9.81. The Balaban J connectivity index is 1.63. The van der Waals surface area contributed by atoms with Crippen molar-refractivity contribution in [1.29, 1.82) is 0 Å². The largest absolute Gasteiger partial charge is 0.490 e. The van der Waals surface area contributed by atoms with Crippen molar-refractivity contribution in [2.75, 3.05) is 20.3 Å². The SMILES string of the molecule is Cc1cc(C)cc(OCCOc2ccccc2/C=C2\SC(=S)N(C)C2=O)c1. The highest BCUT2D eigenvalue weighted by Crippen LogP contribution is 2.33. The molecule has 1 saturated heterocycles. The maximum absolute atomic E-state index is 12.2. The van der Waals surface area contributed by atoms with Crippen LogP contribution in [0.2, 0.25) is 0 Å². The number of likely N-dealkylation sites (N-methyl/N-ethyl adjacent to an activating group) is 1. The summed E-state index contributed by atoms with van der Waals surface area (Å²) in [6, 6.07) is 13.7. The van der Waals surface area contributed by atoms with Gasteiger partial charge >= 0.3 is 0 Å². The first-order chi connectivity index (χ1) is 12.9. The van der Waals surface area contributed by atoms with Crippen molar-refractivity contribution in [3.8, 4) is 11.5 Å². The van der Waals surface area contributed by atoms with Crippen molar-refractivity contribution in [1.82, 2.24) is 4.90 Å². The number of thioether (sulfide) groups is 1. The van der Waals surface area contributed by atoms with Gasteiger partial charge in [0.25, 0.3) is 5.91 Å². The molecule has 0 N–H and O–H groups in total. The molecule has 2 aromatic rings. The van der Waals surface area contributed by atoms with Gasteiger partial charge in [-0.25, -0.2) is 0 Å². The average Bonchev–Trinajstić information content (AvgIpc) is 2.86. The predicted octanol–water partition coefficient (Wildman–Crippen LogP) is 4.59. The molecule has 0 atom stereocenters. The Bertz CT molecular complexity index is 888. The second kappa shape index (κ2) is 8.59. The van der Waals surface area contributed by atoms with Gasteiger partial charge in [0, 0.05) is 12.6 Å². The van der Waals surface area contributed by atoms with E-state index in [-0.39, 0.29) is 5.91 Å². The minimum Gasteiger partial charge on any atom is -0.490 e. The van der Waals surface area contributed by atoms with Crippen molar-refractivity contribution in [3.63, 3.8) is 0 Å². The minimum absolute atomic E-state index is 0.0852. The first kappa shape index (κ1) is 19.5. The normalized spacial score (nSPS) is 15.5. The number of carbonyl (C=O) groups excluding carboxylic acids is 1. The van der Waals surface area contributed by atoms with Crippen LogP contribution in [0, 0.1) is 13.8 Å². The van der Waals surface area contributed by atoms with Gasteiger partial charge in [-0.15, -0.1) is 0 Å². The maximum Gasteiger partial charge on any atom is 0.265 e. The zero-order valence-electron chi connectivity index (χ0n) is 15.5. The first-order valence-electron chi connectivity index (χ1n) is 8.58. The number of ether oxygens (including phenoxy) is 2. The van der Waals surface area contributed by atoms with Crippen LogP contribution in [0.4, 0.5) is 0 Å². The van der Waals surface area contributed by atoms with E-state index in [0.717, 1.165) is 11.3 Å². The van der Waals surface area contributed by atoms with Crippen molar-refractivity contribution in [2.24, 2.45) is 0 Å². The summed E-state index contributed by atoms with van der Waals surface area (Å²) in [5.41, 5.74) is 3.19. The molecule has 3 rings (SSSR count). The molecule has 0 unspecified atom stereocenters. The van der Waals surface area contributed by atoms with Crippen LogP contribution in [-0.2, 0) is 4.79 Å². The van der Waals surface area contributed by atoms with Crippen molar-refractivity contribution < 1.29 is 14.3 Å². The van der Waals surface area contributed by atoms with E-state index in [0.29, 0.717) is 28.2 Å². The highest BCUT2D eigenvalue weighted by molar-refractivity contribution is 8.26. The molecular weight excluding hydrogens is 378 g/mol. The Morgan fingerprint density at radius 3 is 2.41 bits per heavy atom. The van der Waals surface area contributed by atoms with Crippen molar-refractivity contribution in [3.05, 3.63) is 64.1 Å². The van der Waals surface area contributed by atoms with Gasteiger partial charge in [0.15, 0.2) is 0 Å². The Morgan fingerprint density at radius 1 is 1.07 bits per heavy atom. The van der Waals surface area contributed by atoms with Gasteiger partial charge in [0.2, 0.25) is 0 Å². The van der Waals surface area contributed by atoms with Crippen molar-refractivity contribution >= 4 is 40.3 Å². The maximum atomic E-state index is 12.2. The zero-order chi connectivity index (χ0) is 19.4. The van der Waals surface area contributed by atoms with Gasteiger partial charge in [-0.3, -0.25) is 9.69 Å². The lowest BCUT2D eigenvalue weighted by molar-refractivity contribution is -0.121. The van der Waals surface area contributed by atoms with Crippen LogP contribution in [-0.4, -0.2) is 35.4 Å². The highest BCUT2D eigenvalue weighted by Gasteiger charge is 2.28. The van der Waals surface area contributed by atoms with Gasteiger partial charge in [-0.2, -0.15) is 0 Å². The van der Waals surface area contributed by atoms with Crippen LogP contribution < -0.4 is 9.47 Å². The van der Waals surface area contributed by atoms with Crippen LogP contribution in [0.5, 0.6) is 11.5 Å². The van der Waals surface area contributed by atoms with Gasteiger partial charge in [-0.05, 0) is 49.2 Å². The summed E-state index contributed by atoms with van der Waals surface area (Å²) < 4.78 is 12.2. The lowest BCUT2D eigenvalue weighted by Crippen LogP contribution is -2.22. The van der Waals surface area contributed by atoms with E-state index >= 15 is 0 Å². The molecule has 6 heteroatoms. The molecule has 0 saturated carbocycles. The Labute approximate surface area is 169 Å². The van der Waals surface area contributed by atoms with E-state index in [1.807, 2.05) is 56.3 Å². The molecule has 0 radical (unpaired) electrons. The average molecular weight is 400 g/mol. The molecule has 0 spiro atoms. The number of hydrogen-bond donors (Lipinski definition) is 0. The third-order valence-corrected chi connectivity index (χ3v) is 5.48. The molecule has 1 aliphatic rings. The fraction of sp³-hybridized carbons (Fsp3) is 0.238. The van der Waals surface area contributed by atoms with Gasteiger partial charge in [0.05, 0.1) is 4.91 Å². The number of aryl methyl sites for hydroxylation is 2. The molecule has 1 aliphatic heterocycles. The number of nitrogens with zero attached hydrogens (tertiary/aromatic N) is 1. The van der Waals surface area contributed by atoms with E-state index in [1.54, 1.807) is 7.05 Å². The summed E-state index contributed by atoms with van der Waals surface area (Å²) in [6.45, 7) is 4.94. The number of para-hydroxylation sites is 1. The van der Waals surface area contributed by atoms with Gasteiger partial charge < -0.3 is 9.47 Å². The van der Waals surface area contributed by atoms with Crippen molar-refractivity contribution in [2.45, 2.75) is 13.8 Å². The number of hydrogen-bond acceptors (Lipinski definition) is 5. The van der Waals surface area contributed by atoms with E-state index in [4.69, 9.17) is 21.7 Å². The molecule has 2 aromatic carbocycles. The summed E-state index contributed by atoms with van der Waals surface area (Å²) >= 11 is 6.48. The summed E-state index contributed by atoms with van der Waals surface area (Å²) in [6.07, 6.45) is 1.82.